The second-order valence-corrected chi connectivity index (χ2v) is 6.99. The number of rotatable bonds is 17. The van der Waals surface area contributed by atoms with Gasteiger partial charge in [0.2, 0.25) is 0 Å². The molecule has 24 heavy (non-hydrogen) atoms. The third-order valence-corrected chi connectivity index (χ3v) is 4.69. The highest BCUT2D eigenvalue weighted by Gasteiger charge is 2.33. The van der Waals surface area contributed by atoms with Crippen molar-refractivity contribution in [1.82, 2.24) is 0 Å². The van der Waals surface area contributed by atoms with Crippen LogP contribution in [0.5, 0.6) is 0 Å². The lowest BCUT2D eigenvalue weighted by atomic mass is 9.88. The molecule has 0 aliphatic carbocycles. The van der Waals surface area contributed by atoms with E-state index in [1.165, 1.54) is 57.8 Å². The van der Waals surface area contributed by atoms with E-state index >= 15 is 0 Å². The van der Waals surface area contributed by atoms with Crippen molar-refractivity contribution in [1.29, 1.82) is 0 Å². The predicted molar refractivity (Wildman–Crippen MR) is 97.1 cm³/mol. The van der Waals surface area contributed by atoms with Crippen molar-refractivity contribution in [2.75, 3.05) is 0 Å². The Morgan fingerprint density at radius 3 is 1.54 bits per heavy atom. The fourth-order valence-corrected chi connectivity index (χ4v) is 2.95. The van der Waals surface area contributed by atoms with Gasteiger partial charge < -0.3 is 15.9 Å². The van der Waals surface area contributed by atoms with Gasteiger partial charge in [-0.3, -0.25) is 9.59 Å². The van der Waals surface area contributed by atoms with Gasteiger partial charge in [-0.05, 0) is 12.8 Å². The van der Waals surface area contributed by atoms with Gasteiger partial charge in [0.15, 0.2) is 0 Å². The van der Waals surface area contributed by atoms with Crippen molar-refractivity contribution in [2.45, 2.75) is 109 Å². The lowest BCUT2D eigenvalue weighted by Crippen LogP contribution is -2.48. The van der Waals surface area contributed by atoms with E-state index in [4.69, 9.17) is 10.8 Å². The summed E-state index contributed by atoms with van der Waals surface area (Å²) in [6.07, 6.45) is 14.7. The van der Waals surface area contributed by atoms with Crippen molar-refractivity contribution < 1.29 is 19.8 Å². The molecule has 5 heteroatoms. The maximum atomic E-state index is 11.2. The predicted octanol–water partition coefficient (Wildman–Crippen LogP) is 4.72. The van der Waals surface area contributed by atoms with Crippen LogP contribution < -0.4 is 5.73 Å². The Kier molecular flexibility index (Phi) is 13.6. The van der Waals surface area contributed by atoms with Gasteiger partial charge >= 0.3 is 11.9 Å². The molecule has 0 aliphatic rings. The molecule has 142 valence electrons. The van der Waals surface area contributed by atoms with E-state index in [-0.39, 0.29) is 12.8 Å². The molecule has 0 spiro atoms. The van der Waals surface area contributed by atoms with Crippen LogP contribution in [0.4, 0.5) is 0 Å². The van der Waals surface area contributed by atoms with Gasteiger partial charge in [-0.2, -0.15) is 0 Å². The number of hydrogen-bond donors (Lipinski definition) is 3. The number of carboxylic acids is 2. The van der Waals surface area contributed by atoms with Crippen LogP contribution in [-0.2, 0) is 9.59 Å². The summed E-state index contributed by atoms with van der Waals surface area (Å²) in [6.45, 7) is 2.23. The third-order valence-electron chi connectivity index (χ3n) is 4.69. The fraction of sp³-hybridized carbons (Fsp3) is 0.895. The molecular weight excluding hydrogens is 306 g/mol. The number of nitrogens with two attached hydrogens (primary N) is 1. The molecule has 0 bridgehead atoms. The van der Waals surface area contributed by atoms with Crippen LogP contribution in [0.25, 0.3) is 0 Å². The van der Waals surface area contributed by atoms with E-state index < -0.39 is 17.5 Å². The Morgan fingerprint density at radius 2 is 1.17 bits per heavy atom. The largest absolute Gasteiger partial charge is 0.481 e. The Morgan fingerprint density at radius 1 is 0.750 bits per heavy atom. The lowest BCUT2D eigenvalue weighted by molar-refractivity contribution is -0.145. The summed E-state index contributed by atoms with van der Waals surface area (Å²) in [5, 5.41) is 17.9. The summed E-state index contributed by atoms with van der Waals surface area (Å²) in [7, 11) is 0. The first-order valence-electron chi connectivity index (χ1n) is 9.66. The highest BCUT2D eigenvalue weighted by molar-refractivity contribution is 5.79. The average Bonchev–Trinajstić information content (AvgIpc) is 2.53. The Hall–Kier alpha value is -1.10. The van der Waals surface area contributed by atoms with Gasteiger partial charge in [0, 0.05) is 6.42 Å². The van der Waals surface area contributed by atoms with Crippen LogP contribution in [0, 0.1) is 0 Å². The topological polar surface area (TPSA) is 101 Å². The fourth-order valence-electron chi connectivity index (χ4n) is 2.95. The van der Waals surface area contributed by atoms with Crippen LogP contribution in [0.1, 0.15) is 103 Å². The van der Waals surface area contributed by atoms with E-state index in [2.05, 4.69) is 6.92 Å². The summed E-state index contributed by atoms with van der Waals surface area (Å²) in [4.78, 5) is 21.8. The Balaban J connectivity index is 3.59. The molecule has 4 N–H and O–H groups in total. The number of carbonyl (C=O) groups is 2. The molecule has 0 aromatic heterocycles. The van der Waals surface area contributed by atoms with Gasteiger partial charge in [0.25, 0.3) is 0 Å². The van der Waals surface area contributed by atoms with Crippen molar-refractivity contribution in [2.24, 2.45) is 5.73 Å². The minimum absolute atomic E-state index is 0.00427. The van der Waals surface area contributed by atoms with Crippen molar-refractivity contribution >= 4 is 11.9 Å². The molecule has 0 saturated carbocycles. The van der Waals surface area contributed by atoms with E-state index in [0.717, 1.165) is 19.3 Å². The summed E-state index contributed by atoms with van der Waals surface area (Å²) >= 11 is 0. The monoisotopic (exact) mass is 343 g/mol. The number of hydrogen-bond acceptors (Lipinski definition) is 3. The number of aliphatic carboxylic acids is 2. The van der Waals surface area contributed by atoms with Crippen LogP contribution in [0.3, 0.4) is 0 Å². The summed E-state index contributed by atoms with van der Waals surface area (Å²) in [5.41, 5.74) is 4.46. The first-order valence-corrected chi connectivity index (χ1v) is 9.66. The Labute approximate surface area is 147 Å². The average molecular weight is 344 g/mol. The molecule has 1 atom stereocenters. The standard InChI is InChI=1S/C19H37NO4/c1-2-3-4-5-6-7-8-9-10-11-12-13-15-19(20,18(23)24)16-14-17(21)22/h2-16,20H2,1H3,(H,21,22)(H,23,24)/t19-/m0/s1. The van der Waals surface area contributed by atoms with Gasteiger partial charge in [-0.15, -0.1) is 0 Å². The highest BCUT2D eigenvalue weighted by atomic mass is 16.4. The zero-order valence-electron chi connectivity index (χ0n) is 15.4. The van der Waals surface area contributed by atoms with Gasteiger partial charge in [-0.1, -0.05) is 84.0 Å². The van der Waals surface area contributed by atoms with Crippen LogP contribution in [0.2, 0.25) is 0 Å². The quantitative estimate of drug-likeness (QED) is 0.332. The second-order valence-electron chi connectivity index (χ2n) is 6.99. The zero-order chi connectivity index (χ0) is 18.3. The highest BCUT2D eigenvalue weighted by Crippen LogP contribution is 2.20. The summed E-state index contributed by atoms with van der Waals surface area (Å²) in [6, 6.07) is 0. The van der Waals surface area contributed by atoms with Gasteiger partial charge in [-0.25, -0.2) is 0 Å². The molecule has 0 rings (SSSR count). The molecule has 0 heterocycles. The molecule has 5 nitrogen and oxygen atoms in total. The van der Waals surface area contributed by atoms with Crippen LogP contribution >= 0.6 is 0 Å². The van der Waals surface area contributed by atoms with Crippen LogP contribution in [-0.4, -0.2) is 27.7 Å². The first kappa shape index (κ1) is 22.9. The van der Waals surface area contributed by atoms with Crippen LogP contribution in [0.15, 0.2) is 0 Å². The maximum absolute atomic E-state index is 11.2. The number of unbranched alkanes of at least 4 members (excludes halogenated alkanes) is 11. The molecule has 0 aliphatic heterocycles. The molecular formula is C19H37NO4. The van der Waals surface area contributed by atoms with E-state index in [1.807, 2.05) is 0 Å². The SMILES string of the molecule is CCCCCCCCCCCCCC[C@](N)(CCC(=O)O)C(=O)O. The normalized spacial score (nSPS) is 13.6. The zero-order valence-corrected chi connectivity index (χ0v) is 15.4. The molecule has 0 amide bonds. The molecule has 0 radical (unpaired) electrons. The maximum Gasteiger partial charge on any atom is 0.323 e. The minimum Gasteiger partial charge on any atom is -0.481 e. The minimum atomic E-state index is -1.39. The van der Waals surface area contributed by atoms with E-state index in [0.29, 0.717) is 6.42 Å². The van der Waals surface area contributed by atoms with Crippen molar-refractivity contribution in [3.63, 3.8) is 0 Å². The van der Waals surface area contributed by atoms with Crippen molar-refractivity contribution in [3.05, 3.63) is 0 Å². The van der Waals surface area contributed by atoms with Gasteiger partial charge in [0.1, 0.15) is 5.54 Å². The molecule has 0 aromatic carbocycles. The molecule has 0 saturated heterocycles. The summed E-state index contributed by atoms with van der Waals surface area (Å²) in [5.74, 6) is -2.09. The van der Waals surface area contributed by atoms with Crippen molar-refractivity contribution in [3.8, 4) is 0 Å². The first-order chi connectivity index (χ1) is 11.4. The Bertz CT molecular complexity index is 346. The van der Waals surface area contributed by atoms with Gasteiger partial charge in [0.05, 0.1) is 0 Å². The molecule has 0 fully saturated rings. The lowest BCUT2D eigenvalue weighted by Gasteiger charge is -2.23. The molecule has 0 aromatic rings. The number of carboxylic acid groups (broad SMARTS) is 2. The molecule has 0 unspecified atom stereocenters. The summed E-state index contributed by atoms with van der Waals surface area (Å²) < 4.78 is 0. The second kappa shape index (κ2) is 14.3. The third kappa shape index (κ3) is 12.3. The smallest absolute Gasteiger partial charge is 0.323 e. The van der Waals surface area contributed by atoms with E-state index in [1.54, 1.807) is 0 Å². The van der Waals surface area contributed by atoms with E-state index in [9.17, 15) is 14.7 Å².